The van der Waals surface area contributed by atoms with Crippen LogP contribution >= 0.6 is 0 Å². The first-order chi connectivity index (χ1) is 12.2. The Labute approximate surface area is 148 Å². The lowest BCUT2D eigenvalue weighted by Crippen LogP contribution is -2.43. The molecule has 1 aromatic heterocycles. The normalized spacial score (nSPS) is 14.3. The molecule has 1 aliphatic heterocycles. The summed E-state index contributed by atoms with van der Waals surface area (Å²) in [5, 5.41) is 17.6. The third kappa shape index (κ3) is 10.8. The van der Waals surface area contributed by atoms with Crippen molar-refractivity contribution in [2.45, 2.75) is 19.3 Å². The number of hydrogen-bond donors (Lipinski definition) is 3. The van der Waals surface area contributed by atoms with Crippen molar-refractivity contribution < 1.29 is 46.1 Å². The van der Waals surface area contributed by atoms with Gasteiger partial charge in [0.1, 0.15) is 5.82 Å². The van der Waals surface area contributed by atoms with Gasteiger partial charge < -0.3 is 20.4 Å². The Bertz CT molecular complexity index is 576. The van der Waals surface area contributed by atoms with Crippen LogP contribution in [0.25, 0.3) is 0 Å². The molecule has 0 bridgehead atoms. The number of hydrogen-bond acceptors (Lipinski definition) is 6. The van der Waals surface area contributed by atoms with Crippen molar-refractivity contribution in [3.63, 3.8) is 0 Å². The molecule has 0 atom stereocenters. The molecule has 154 valence electrons. The molecular weight excluding hydrogens is 390 g/mol. The van der Waals surface area contributed by atoms with Crippen molar-refractivity contribution in [1.82, 2.24) is 15.3 Å². The van der Waals surface area contributed by atoms with Crippen LogP contribution in [0.3, 0.4) is 0 Å². The van der Waals surface area contributed by atoms with E-state index in [1.54, 1.807) is 0 Å². The Hall–Kier alpha value is -2.64. The third-order valence-electron chi connectivity index (χ3n) is 2.73. The molecule has 1 aromatic rings. The van der Waals surface area contributed by atoms with E-state index in [0.717, 1.165) is 37.7 Å². The summed E-state index contributed by atoms with van der Waals surface area (Å²) in [6.45, 7) is 6.10. The molecule has 2 heterocycles. The molecule has 0 spiro atoms. The number of halogens is 6. The third-order valence-corrected chi connectivity index (χ3v) is 2.73. The van der Waals surface area contributed by atoms with Crippen LogP contribution in [0, 0.1) is 6.92 Å². The Morgan fingerprint density at radius 3 is 1.59 bits per heavy atom. The van der Waals surface area contributed by atoms with Gasteiger partial charge in [-0.15, -0.1) is 0 Å². The van der Waals surface area contributed by atoms with Crippen molar-refractivity contribution >= 4 is 17.6 Å². The van der Waals surface area contributed by atoms with Gasteiger partial charge in [0.05, 0.1) is 18.1 Å². The van der Waals surface area contributed by atoms with E-state index in [2.05, 4.69) is 20.2 Å². The van der Waals surface area contributed by atoms with E-state index < -0.39 is 24.3 Å². The monoisotopic (exact) mass is 406 g/mol. The number of piperazine rings is 1. The van der Waals surface area contributed by atoms with Crippen LogP contribution in [-0.2, 0) is 9.59 Å². The number of carboxylic acids is 2. The molecule has 0 unspecified atom stereocenters. The number of aryl methyl sites for hydroxylation is 1. The fourth-order valence-electron chi connectivity index (χ4n) is 1.47. The molecular formula is C13H16F6N4O4. The van der Waals surface area contributed by atoms with E-state index >= 15 is 0 Å². The summed E-state index contributed by atoms with van der Waals surface area (Å²) in [5.41, 5.74) is 1.13. The minimum absolute atomic E-state index is 0.832. The van der Waals surface area contributed by atoms with Crippen molar-refractivity contribution in [1.29, 1.82) is 0 Å². The second-order valence-electron chi connectivity index (χ2n) is 4.83. The van der Waals surface area contributed by atoms with Crippen LogP contribution in [0.1, 0.15) is 5.82 Å². The maximum absolute atomic E-state index is 10.6. The van der Waals surface area contributed by atoms with E-state index in [9.17, 15) is 26.3 Å². The zero-order chi connectivity index (χ0) is 21.3. The van der Waals surface area contributed by atoms with Gasteiger partial charge in [0.25, 0.3) is 0 Å². The van der Waals surface area contributed by atoms with Gasteiger partial charge in [0.15, 0.2) is 0 Å². The molecule has 27 heavy (non-hydrogen) atoms. The summed E-state index contributed by atoms with van der Waals surface area (Å²) >= 11 is 0. The van der Waals surface area contributed by atoms with E-state index in [1.807, 2.05) is 19.3 Å². The second kappa shape index (κ2) is 10.5. The molecule has 0 aromatic carbocycles. The SMILES string of the molecule is Cc1ncc(N2CCNCC2)cn1.O=C(O)C(F)(F)F.O=C(O)C(F)(F)F. The molecule has 1 aliphatic rings. The minimum Gasteiger partial charge on any atom is -0.475 e. The number of rotatable bonds is 1. The number of alkyl halides is 6. The Morgan fingerprint density at radius 2 is 1.30 bits per heavy atom. The first-order valence-corrected chi connectivity index (χ1v) is 7.09. The Kier molecular flexibility index (Phi) is 9.47. The van der Waals surface area contributed by atoms with Crippen LogP contribution in [0.2, 0.25) is 0 Å². The van der Waals surface area contributed by atoms with Crippen molar-refractivity contribution in [3.8, 4) is 0 Å². The predicted octanol–water partition coefficient (Wildman–Crippen LogP) is 1.46. The number of anilines is 1. The molecule has 14 heteroatoms. The van der Waals surface area contributed by atoms with Gasteiger partial charge in [0, 0.05) is 26.2 Å². The number of carboxylic acid groups (broad SMARTS) is 2. The fourth-order valence-corrected chi connectivity index (χ4v) is 1.47. The highest BCUT2D eigenvalue weighted by molar-refractivity contribution is 5.73. The molecule has 1 fully saturated rings. The van der Waals surface area contributed by atoms with E-state index in [-0.39, 0.29) is 0 Å². The number of nitrogens with one attached hydrogen (secondary N) is 1. The Morgan fingerprint density at radius 1 is 0.963 bits per heavy atom. The highest BCUT2D eigenvalue weighted by Gasteiger charge is 2.38. The highest BCUT2D eigenvalue weighted by atomic mass is 19.4. The van der Waals surface area contributed by atoms with Crippen molar-refractivity contribution in [2.75, 3.05) is 31.1 Å². The first kappa shape index (κ1) is 24.4. The smallest absolute Gasteiger partial charge is 0.475 e. The van der Waals surface area contributed by atoms with E-state index in [1.165, 1.54) is 0 Å². The van der Waals surface area contributed by atoms with Crippen LogP contribution < -0.4 is 10.2 Å². The van der Waals surface area contributed by atoms with Gasteiger partial charge >= 0.3 is 24.3 Å². The summed E-state index contributed by atoms with van der Waals surface area (Å²) in [5.74, 6) is -4.68. The van der Waals surface area contributed by atoms with E-state index in [4.69, 9.17) is 19.8 Å². The maximum Gasteiger partial charge on any atom is 0.490 e. The van der Waals surface area contributed by atoms with Gasteiger partial charge in [-0.1, -0.05) is 0 Å². The van der Waals surface area contributed by atoms with Gasteiger partial charge in [0.2, 0.25) is 0 Å². The van der Waals surface area contributed by atoms with Crippen LogP contribution in [0.5, 0.6) is 0 Å². The summed E-state index contributed by atoms with van der Waals surface area (Å²) in [7, 11) is 0. The number of aromatic nitrogens is 2. The zero-order valence-corrected chi connectivity index (χ0v) is 13.8. The average Bonchev–Trinajstić information content (AvgIpc) is 2.56. The molecule has 0 aliphatic carbocycles. The average molecular weight is 406 g/mol. The van der Waals surface area contributed by atoms with E-state index in [0.29, 0.717) is 0 Å². The van der Waals surface area contributed by atoms with Gasteiger partial charge in [-0.2, -0.15) is 26.3 Å². The number of carbonyl (C=O) groups is 2. The van der Waals surface area contributed by atoms with Crippen LogP contribution in [0.15, 0.2) is 12.4 Å². The lowest BCUT2D eigenvalue weighted by atomic mass is 10.3. The molecule has 1 saturated heterocycles. The molecule has 0 radical (unpaired) electrons. The van der Waals surface area contributed by atoms with Crippen LogP contribution in [-0.4, -0.2) is 70.7 Å². The predicted molar refractivity (Wildman–Crippen MR) is 79.2 cm³/mol. The first-order valence-electron chi connectivity index (χ1n) is 7.09. The summed E-state index contributed by atoms with van der Waals surface area (Å²) in [6.07, 6.45) is -6.37. The van der Waals surface area contributed by atoms with Crippen molar-refractivity contribution in [3.05, 3.63) is 18.2 Å². The van der Waals surface area contributed by atoms with Gasteiger partial charge in [-0.05, 0) is 6.92 Å². The number of nitrogens with zero attached hydrogens (tertiary/aromatic N) is 3. The quantitative estimate of drug-likeness (QED) is 0.601. The lowest BCUT2D eigenvalue weighted by molar-refractivity contribution is -0.193. The van der Waals surface area contributed by atoms with Gasteiger partial charge in [-0.3, -0.25) is 0 Å². The molecule has 0 amide bonds. The second-order valence-corrected chi connectivity index (χ2v) is 4.83. The molecule has 2 rings (SSSR count). The Balaban J connectivity index is 0.000000416. The van der Waals surface area contributed by atoms with Crippen LogP contribution in [0.4, 0.5) is 32.0 Å². The largest absolute Gasteiger partial charge is 0.490 e. The highest BCUT2D eigenvalue weighted by Crippen LogP contribution is 2.13. The molecule has 3 N–H and O–H groups in total. The van der Waals surface area contributed by atoms with Crippen molar-refractivity contribution in [2.24, 2.45) is 0 Å². The summed E-state index contributed by atoms with van der Waals surface area (Å²) in [6, 6.07) is 0. The zero-order valence-electron chi connectivity index (χ0n) is 13.8. The van der Waals surface area contributed by atoms with Gasteiger partial charge in [-0.25, -0.2) is 19.6 Å². The fraction of sp³-hybridized carbons (Fsp3) is 0.538. The standard InChI is InChI=1S/C9H14N4.2C2HF3O2/c1-8-11-6-9(7-12-8)13-4-2-10-3-5-13;2*3-2(4,5)1(6)7/h6-7,10H,2-5H2,1H3;2*(H,6,7). The molecule has 8 nitrogen and oxygen atoms in total. The molecule has 0 saturated carbocycles. The minimum atomic E-state index is -5.08. The topological polar surface area (TPSA) is 116 Å². The number of aliphatic carboxylic acids is 2. The lowest BCUT2D eigenvalue weighted by Gasteiger charge is -2.28. The summed E-state index contributed by atoms with van der Waals surface area (Å²) < 4.78 is 63.5. The maximum atomic E-state index is 10.6. The summed E-state index contributed by atoms with van der Waals surface area (Å²) in [4.78, 5) is 28.5.